The molecule has 0 aliphatic carbocycles. The van der Waals surface area contributed by atoms with E-state index in [1.54, 1.807) is 0 Å². The summed E-state index contributed by atoms with van der Waals surface area (Å²) in [5, 5.41) is 2.62. The van der Waals surface area contributed by atoms with Crippen molar-refractivity contribution in [1.82, 2.24) is 0 Å². The molecule has 0 bridgehead atoms. The molecular weight excluding hydrogens is 228 g/mol. The van der Waals surface area contributed by atoms with Gasteiger partial charge in [-0.25, -0.2) is 0 Å². The van der Waals surface area contributed by atoms with Crippen LogP contribution in [0.1, 0.15) is 25.3 Å². The van der Waals surface area contributed by atoms with Crippen LogP contribution in [0.5, 0.6) is 0 Å². The molecule has 0 unspecified atom stereocenters. The Labute approximate surface area is 115 Å². The van der Waals surface area contributed by atoms with Crippen LogP contribution in [-0.4, -0.2) is 0 Å². The van der Waals surface area contributed by atoms with Gasteiger partial charge in [0.25, 0.3) is 0 Å². The van der Waals surface area contributed by atoms with Crippen molar-refractivity contribution in [3.63, 3.8) is 0 Å². The van der Waals surface area contributed by atoms with Crippen LogP contribution >= 0.6 is 0 Å². The lowest BCUT2D eigenvalue weighted by atomic mass is 9.89. The molecule has 2 rings (SSSR count). The Morgan fingerprint density at radius 1 is 1.11 bits per heavy atom. The molecule has 0 spiro atoms. The van der Waals surface area contributed by atoms with Gasteiger partial charge in [0.05, 0.1) is 0 Å². The lowest BCUT2D eigenvalue weighted by Gasteiger charge is -2.15. The largest absolute Gasteiger partial charge is 0.0988 e. The molecule has 0 aromatic heterocycles. The van der Waals surface area contributed by atoms with Crippen molar-refractivity contribution in [2.45, 2.75) is 19.8 Å². The van der Waals surface area contributed by atoms with Gasteiger partial charge in [-0.05, 0) is 28.8 Å². The van der Waals surface area contributed by atoms with Crippen LogP contribution in [0.3, 0.4) is 0 Å². The summed E-state index contributed by atoms with van der Waals surface area (Å²) in [6.07, 6.45) is 8.20. The van der Waals surface area contributed by atoms with Crippen LogP contribution < -0.4 is 0 Å². The normalized spacial score (nSPS) is 13.9. The molecule has 0 fully saturated rings. The molecule has 0 aliphatic rings. The number of hydrogen-bond acceptors (Lipinski definition) is 0. The van der Waals surface area contributed by atoms with E-state index in [9.17, 15) is 0 Å². The van der Waals surface area contributed by atoms with Crippen LogP contribution in [-0.2, 0) is 0 Å². The van der Waals surface area contributed by atoms with Crippen LogP contribution in [0.15, 0.2) is 78.9 Å². The van der Waals surface area contributed by atoms with E-state index in [4.69, 9.17) is 0 Å². The van der Waals surface area contributed by atoms with E-state index in [1.807, 2.05) is 19.1 Å². The number of benzene rings is 2. The Hall–Kier alpha value is -2.08. The molecule has 0 radical (unpaired) electrons. The number of rotatable bonds is 4. The number of hydrogen-bond donors (Lipinski definition) is 0. The molecule has 0 amide bonds. The Morgan fingerprint density at radius 3 is 2.58 bits per heavy atom. The number of fused-ring (bicyclic) bond motifs is 1. The Bertz CT molecular complexity index is 624. The van der Waals surface area contributed by atoms with Gasteiger partial charge >= 0.3 is 0 Å². The Morgan fingerprint density at radius 2 is 1.84 bits per heavy atom. The zero-order valence-electron chi connectivity index (χ0n) is 11.6. The van der Waals surface area contributed by atoms with Crippen molar-refractivity contribution in [3.05, 3.63) is 84.5 Å². The summed E-state index contributed by atoms with van der Waals surface area (Å²) >= 11 is 0. The predicted octanol–water partition coefficient (Wildman–Crippen LogP) is 5.63. The van der Waals surface area contributed by atoms with Crippen molar-refractivity contribution in [3.8, 4) is 0 Å². The zero-order valence-corrected chi connectivity index (χ0v) is 11.6. The van der Waals surface area contributed by atoms with Gasteiger partial charge < -0.3 is 0 Å². The van der Waals surface area contributed by atoms with Gasteiger partial charge in [0, 0.05) is 5.92 Å². The van der Waals surface area contributed by atoms with Crippen molar-refractivity contribution in [2.24, 2.45) is 0 Å². The molecule has 2 aromatic rings. The second-order valence-electron chi connectivity index (χ2n) is 4.69. The van der Waals surface area contributed by atoms with Gasteiger partial charge in [-0.15, -0.1) is 0 Å². The summed E-state index contributed by atoms with van der Waals surface area (Å²) in [4.78, 5) is 0. The average Bonchev–Trinajstić information content (AvgIpc) is 2.47. The monoisotopic (exact) mass is 248 g/mol. The summed E-state index contributed by atoms with van der Waals surface area (Å²) in [6, 6.07) is 15.0. The summed E-state index contributed by atoms with van der Waals surface area (Å²) in [5.41, 5.74) is 2.60. The van der Waals surface area contributed by atoms with E-state index >= 15 is 0 Å². The molecule has 0 aliphatic heterocycles. The third-order valence-corrected chi connectivity index (χ3v) is 3.51. The second kappa shape index (κ2) is 6.19. The first-order chi connectivity index (χ1) is 9.27. The maximum absolute atomic E-state index is 3.94. The summed E-state index contributed by atoms with van der Waals surface area (Å²) in [5.74, 6) is 0.347. The summed E-state index contributed by atoms with van der Waals surface area (Å²) in [6.45, 7) is 8.20. The standard InChI is InChI=1S/C19H20/c1-4-6-10-16(5-2)15(3)18-14-9-12-17-11-7-8-13-19(17)18/h4-15H,2H2,1,3H3/b6-4-,16-10+/t15-/m0/s1. The fraction of sp³-hybridized carbons (Fsp3) is 0.158. The van der Waals surface area contributed by atoms with Gasteiger partial charge in [-0.1, -0.05) is 80.3 Å². The van der Waals surface area contributed by atoms with Crippen molar-refractivity contribution in [2.75, 3.05) is 0 Å². The average molecular weight is 248 g/mol. The highest BCUT2D eigenvalue weighted by atomic mass is 14.1. The molecule has 0 saturated heterocycles. The molecule has 0 N–H and O–H groups in total. The fourth-order valence-electron chi connectivity index (χ4n) is 2.40. The van der Waals surface area contributed by atoms with Crippen LogP contribution in [0, 0.1) is 0 Å². The summed E-state index contributed by atoms with van der Waals surface area (Å²) in [7, 11) is 0. The smallest absolute Gasteiger partial charge is 0.00669 e. The third kappa shape index (κ3) is 2.85. The molecule has 1 atom stereocenters. The van der Waals surface area contributed by atoms with Crippen LogP contribution in [0.4, 0.5) is 0 Å². The van der Waals surface area contributed by atoms with Gasteiger partial charge in [0.1, 0.15) is 0 Å². The first kappa shape index (κ1) is 13.4. The van der Waals surface area contributed by atoms with Gasteiger partial charge in [-0.3, -0.25) is 0 Å². The lowest BCUT2D eigenvalue weighted by Crippen LogP contribution is -1.97. The minimum Gasteiger partial charge on any atom is -0.0988 e. The molecule has 0 heteroatoms. The minimum absolute atomic E-state index is 0.347. The van der Waals surface area contributed by atoms with Crippen molar-refractivity contribution < 1.29 is 0 Å². The maximum Gasteiger partial charge on any atom is 0.00669 e. The Balaban J connectivity index is 2.52. The van der Waals surface area contributed by atoms with Gasteiger partial charge in [0.2, 0.25) is 0 Å². The predicted molar refractivity (Wildman–Crippen MR) is 85.5 cm³/mol. The highest BCUT2D eigenvalue weighted by Gasteiger charge is 2.11. The summed E-state index contributed by atoms with van der Waals surface area (Å²) < 4.78 is 0. The van der Waals surface area contributed by atoms with Crippen LogP contribution in [0.2, 0.25) is 0 Å². The maximum atomic E-state index is 3.94. The molecule has 0 saturated carbocycles. The fourth-order valence-corrected chi connectivity index (χ4v) is 2.40. The molecule has 2 aromatic carbocycles. The van der Waals surface area contributed by atoms with E-state index in [0.29, 0.717) is 5.92 Å². The lowest BCUT2D eigenvalue weighted by molar-refractivity contribution is 0.933. The quantitative estimate of drug-likeness (QED) is 0.615. The topological polar surface area (TPSA) is 0 Å². The molecule has 0 heterocycles. The van der Waals surface area contributed by atoms with Gasteiger partial charge in [0.15, 0.2) is 0 Å². The van der Waals surface area contributed by atoms with E-state index in [-0.39, 0.29) is 0 Å². The second-order valence-corrected chi connectivity index (χ2v) is 4.69. The molecule has 19 heavy (non-hydrogen) atoms. The SMILES string of the molecule is C=C/C(=C\C=C/C)[C@H](C)c1cccc2ccccc12. The first-order valence-corrected chi connectivity index (χ1v) is 6.71. The first-order valence-electron chi connectivity index (χ1n) is 6.71. The highest BCUT2D eigenvalue weighted by Crippen LogP contribution is 2.30. The highest BCUT2D eigenvalue weighted by molar-refractivity contribution is 5.86. The van der Waals surface area contributed by atoms with Gasteiger partial charge in [-0.2, -0.15) is 0 Å². The minimum atomic E-state index is 0.347. The van der Waals surface area contributed by atoms with E-state index in [1.165, 1.54) is 21.9 Å². The van der Waals surface area contributed by atoms with E-state index < -0.39 is 0 Å². The molecular formula is C19H20. The third-order valence-electron chi connectivity index (χ3n) is 3.51. The van der Waals surface area contributed by atoms with E-state index in [2.05, 4.69) is 68.1 Å². The Kier molecular flexibility index (Phi) is 4.35. The van der Waals surface area contributed by atoms with Crippen LogP contribution in [0.25, 0.3) is 10.8 Å². The van der Waals surface area contributed by atoms with Crippen molar-refractivity contribution >= 4 is 10.8 Å². The van der Waals surface area contributed by atoms with Crippen molar-refractivity contribution in [1.29, 1.82) is 0 Å². The molecule has 0 nitrogen and oxygen atoms in total. The van der Waals surface area contributed by atoms with E-state index in [0.717, 1.165) is 0 Å². The molecule has 96 valence electrons. The number of allylic oxidation sites excluding steroid dienone is 5. The zero-order chi connectivity index (χ0) is 13.7.